The largest absolute Gasteiger partial charge is 0.416 e. The van der Waals surface area contributed by atoms with E-state index in [1.54, 1.807) is 0 Å². The van der Waals surface area contributed by atoms with Crippen molar-refractivity contribution >= 4 is 23.0 Å². The van der Waals surface area contributed by atoms with Gasteiger partial charge in [-0.1, -0.05) is 6.08 Å². The first-order valence-corrected chi connectivity index (χ1v) is 10.7. The Balaban J connectivity index is 1.71. The molecule has 0 atom stereocenters. The molecule has 0 amide bonds. The van der Waals surface area contributed by atoms with Crippen molar-refractivity contribution in [1.82, 2.24) is 9.80 Å². The highest BCUT2D eigenvalue weighted by atomic mass is 32.1. The zero-order chi connectivity index (χ0) is 22.1. The average molecular weight is 444 g/mol. The lowest BCUT2D eigenvalue weighted by Crippen LogP contribution is -2.42. The predicted molar refractivity (Wildman–Crippen MR) is 120 cm³/mol. The Labute approximate surface area is 183 Å². The second kappa shape index (κ2) is 11.7. The molecule has 1 fully saturated rings. The third kappa shape index (κ3) is 7.89. The number of likely N-dealkylation sites (N-methyl/N-ethyl adjacent to an activating group) is 1. The van der Waals surface area contributed by atoms with Crippen LogP contribution in [0.15, 0.2) is 36.9 Å². The van der Waals surface area contributed by atoms with Gasteiger partial charge in [-0.05, 0) is 75.6 Å². The Kier molecular flexibility index (Phi) is 9.58. The number of alkyl halides is 3. The monoisotopic (exact) mass is 443 g/mol. The molecule has 0 saturated heterocycles. The van der Waals surface area contributed by atoms with E-state index in [4.69, 9.17) is 17.0 Å². The highest BCUT2D eigenvalue weighted by molar-refractivity contribution is 7.80. The maximum atomic E-state index is 12.7. The third-order valence-corrected chi connectivity index (χ3v) is 5.84. The van der Waals surface area contributed by atoms with Crippen molar-refractivity contribution in [3.05, 3.63) is 42.5 Å². The van der Waals surface area contributed by atoms with E-state index in [0.717, 1.165) is 63.9 Å². The number of benzene rings is 1. The minimum absolute atomic E-state index is 0.288. The van der Waals surface area contributed by atoms with E-state index in [-0.39, 0.29) is 6.10 Å². The lowest BCUT2D eigenvalue weighted by molar-refractivity contribution is -0.137. The molecule has 30 heavy (non-hydrogen) atoms. The maximum Gasteiger partial charge on any atom is 0.416 e. The first-order chi connectivity index (χ1) is 14.2. The second-order valence-electron chi connectivity index (χ2n) is 7.82. The number of rotatable bonds is 9. The van der Waals surface area contributed by atoms with E-state index in [9.17, 15) is 13.2 Å². The molecular formula is C22H32F3N3OS. The minimum atomic E-state index is -4.34. The number of anilines is 1. The Bertz CT molecular complexity index is 673. The molecule has 0 unspecified atom stereocenters. The van der Waals surface area contributed by atoms with Crippen molar-refractivity contribution < 1.29 is 17.9 Å². The van der Waals surface area contributed by atoms with Gasteiger partial charge in [0.1, 0.15) is 0 Å². The SMILES string of the molecule is C=CCN(C)CCCO[C@H]1CC[C@H](N(C)C(=S)Nc2ccc(C(F)(F)F)cc2)CC1. The first kappa shape index (κ1) is 24.6. The molecule has 0 heterocycles. The van der Waals surface area contributed by atoms with Gasteiger partial charge in [0.15, 0.2) is 5.11 Å². The number of halogens is 3. The van der Waals surface area contributed by atoms with E-state index >= 15 is 0 Å². The molecule has 1 N–H and O–H groups in total. The second-order valence-corrected chi connectivity index (χ2v) is 8.21. The summed E-state index contributed by atoms with van der Waals surface area (Å²) in [5.41, 5.74) is -0.115. The van der Waals surface area contributed by atoms with Crippen molar-refractivity contribution in [2.75, 3.05) is 39.1 Å². The van der Waals surface area contributed by atoms with Gasteiger partial charge >= 0.3 is 6.18 Å². The molecule has 8 heteroatoms. The molecule has 1 aromatic carbocycles. The molecular weight excluding hydrogens is 411 g/mol. The van der Waals surface area contributed by atoms with Crippen LogP contribution in [0.2, 0.25) is 0 Å². The van der Waals surface area contributed by atoms with Crippen LogP contribution >= 0.6 is 12.2 Å². The summed E-state index contributed by atoms with van der Waals surface area (Å²) < 4.78 is 44.1. The van der Waals surface area contributed by atoms with Crippen molar-refractivity contribution in [2.45, 2.75) is 50.4 Å². The Morgan fingerprint density at radius 1 is 1.20 bits per heavy atom. The highest BCUT2D eigenvalue weighted by Gasteiger charge is 2.30. The van der Waals surface area contributed by atoms with Crippen molar-refractivity contribution in [1.29, 1.82) is 0 Å². The van der Waals surface area contributed by atoms with Gasteiger partial charge in [0.25, 0.3) is 0 Å². The van der Waals surface area contributed by atoms with Crippen LogP contribution in [0.25, 0.3) is 0 Å². The molecule has 4 nitrogen and oxygen atoms in total. The number of hydrogen-bond acceptors (Lipinski definition) is 3. The first-order valence-electron chi connectivity index (χ1n) is 10.3. The van der Waals surface area contributed by atoms with E-state index in [2.05, 4.69) is 23.8 Å². The van der Waals surface area contributed by atoms with Crippen LogP contribution < -0.4 is 5.32 Å². The van der Waals surface area contributed by atoms with Crippen LogP contribution in [-0.4, -0.2) is 60.8 Å². The van der Waals surface area contributed by atoms with Gasteiger partial charge < -0.3 is 19.9 Å². The van der Waals surface area contributed by atoms with E-state index in [1.807, 2.05) is 18.0 Å². The number of nitrogens with one attached hydrogen (secondary N) is 1. The Morgan fingerprint density at radius 2 is 1.83 bits per heavy atom. The normalized spacial score (nSPS) is 19.5. The summed E-state index contributed by atoms with van der Waals surface area (Å²) in [6.07, 6.45) is 2.79. The number of nitrogens with zero attached hydrogens (tertiary/aromatic N) is 2. The lowest BCUT2D eigenvalue weighted by Gasteiger charge is -2.36. The van der Waals surface area contributed by atoms with Crippen LogP contribution in [0.5, 0.6) is 0 Å². The molecule has 0 aliphatic heterocycles. The maximum absolute atomic E-state index is 12.7. The van der Waals surface area contributed by atoms with Gasteiger partial charge in [-0.15, -0.1) is 6.58 Å². The fourth-order valence-electron chi connectivity index (χ4n) is 3.62. The Hall–Kier alpha value is -1.64. The molecule has 1 aliphatic carbocycles. The molecule has 0 spiro atoms. The van der Waals surface area contributed by atoms with E-state index in [0.29, 0.717) is 16.8 Å². The topological polar surface area (TPSA) is 27.7 Å². The minimum Gasteiger partial charge on any atom is -0.378 e. The average Bonchev–Trinajstić information content (AvgIpc) is 2.71. The molecule has 0 aromatic heterocycles. The van der Waals surface area contributed by atoms with Crippen molar-refractivity contribution in [3.63, 3.8) is 0 Å². The zero-order valence-electron chi connectivity index (χ0n) is 17.8. The van der Waals surface area contributed by atoms with Crippen LogP contribution in [0.4, 0.5) is 18.9 Å². The standard InChI is InChI=1S/C22H32F3N3OS/c1-4-14-27(2)15-5-16-29-20-12-10-19(11-13-20)28(3)21(30)26-18-8-6-17(7-9-18)22(23,24)25/h4,6-9,19-20H,1,5,10-16H2,2-3H3,(H,26,30)/t19-,20-. The van der Waals surface area contributed by atoms with E-state index < -0.39 is 11.7 Å². The summed E-state index contributed by atoms with van der Waals surface area (Å²) >= 11 is 5.46. The van der Waals surface area contributed by atoms with Crippen LogP contribution in [0.1, 0.15) is 37.7 Å². The Morgan fingerprint density at radius 3 is 2.40 bits per heavy atom. The molecule has 1 aromatic rings. The summed E-state index contributed by atoms with van der Waals surface area (Å²) in [6.45, 7) is 6.39. The van der Waals surface area contributed by atoms with Gasteiger partial charge in [0.05, 0.1) is 11.7 Å². The summed E-state index contributed by atoms with van der Waals surface area (Å²) in [6, 6.07) is 5.23. The van der Waals surface area contributed by atoms with Crippen LogP contribution in [0.3, 0.4) is 0 Å². The van der Waals surface area contributed by atoms with Crippen LogP contribution in [0, 0.1) is 0 Å². The van der Waals surface area contributed by atoms with E-state index in [1.165, 1.54) is 12.1 Å². The highest BCUT2D eigenvalue weighted by Crippen LogP contribution is 2.30. The summed E-state index contributed by atoms with van der Waals surface area (Å²) in [5.74, 6) is 0. The van der Waals surface area contributed by atoms with Crippen LogP contribution in [-0.2, 0) is 10.9 Å². The van der Waals surface area contributed by atoms with Gasteiger partial charge in [0, 0.05) is 38.5 Å². The molecule has 1 saturated carbocycles. The van der Waals surface area contributed by atoms with Gasteiger partial charge in [-0.2, -0.15) is 13.2 Å². The summed E-state index contributed by atoms with van der Waals surface area (Å²) in [7, 11) is 4.00. The molecule has 1 aliphatic rings. The number of thiocarbonyl (C=S) groups is 1. The summed E-state index contributed by atoms with van der Waals surface area (Å²) in [5, 5.41) is 3.56. The number of hydrogen-bond donors (Lipinski definition) is 1. The zero-order valence-corrected chi connectivity index (χ0v) is 18.6. The molecule has 168 valence electrons. The molecule has 2 rings (SSSR count). The smallest absolute Gasteiger partial charge is 0.378 e. The van der Waals surface area contributed by atoms with Gasteiger partial charge in [-0.25, -0.2) is 0 Å². The molecule has 0 radical (unpaired) electrons. The van der Waals surface area contributed by atoms with Gasteiger partial charge in [0.2, 0.25) is 0 Å². The van der Waals surface area contributed by atoms with Crippen molar-refractivity contribution in [3.8, 4) is 0 Å². The lowest BCUT2D eigenvalue weighted by atomic mass is 9.92. The third-order valence-electron chi connectivity index (χ3n) is 5.45. The number of ether oxygens (including phenoxy) is 1. The predicted octanol–water partition coefficient (Wildman–Crippen LogP) is 5.17. The summed E-state index contributed by atoms with van der Waals surface area (Å²) in [4.78, 5) is 4.22. The van der Waals surface area contributed by atoms with Crippen molar-refractivity contribution in [2.24, 2.45) is 0 Å². The fourth-order valence-corrected chi connectivity index (χ4v) is 3.88. The molecule has 0 bridgehead atoms. The fraction of sp³-hybridized carbons (Fsp3) is 0.591. The quantitative estimate of drug-likeness (QED) is 0.323. The van der Waals surface area contributed by atoms with Gasteiger partial charge in [-0.3, -0.25) is 0 Å².